The van der Waals surface area contributed by atoms with E-state index in [1.807, 2.05) is 11.0 Å². The highest BCUT2D eigenvalue weighted by molar-refractivity contribution is 5.96. The van der Waals surface area contributed by atoms with Crippen LogP contribution in [0.15, 0.2) is 11.1 Å². The number of carbonyl (C=O) groups is 1. The molecule has 2 aliphatic heterocycles. The fourth-order valence-corrected chi connectivity index (χ4v) is 3.25. The number of nitrogens with zero attached hydrogens (tertiary/aromatic N) is 4. The third-order valence-electron chi connectivity index (χ3n) is 4.76. The maximum Gasteiger partial charge on any atom is 0.274 e. The number of aromatic nitrogens is 2. The molecular weight excluding hydrogens is 316 g/mol. The van der Waals surface area contributed by atoms with Crippen LogP contribution in [-0.4, -0.2) is 52.6 Å². The minimum atomic E-state index is -0.0177. The number of rotatable bonds is 5. The highest BCUT2D eigenvalue weighted by atomic mass is 16.5. The van der Waals surface area contributed by atoms with Crippen LogP contribution >= 0.6 is 0 Å². The van der Waals surface area contributed by atoms with Crippen molar-refractivity contribution in [3.05, 3.63) is 23.0 Å². The maximum absolute atomic E-state index is 12.6. The molecule has 0 aliphatic carbocycles. The van der Waals surface area contributed by atoms with Crippen LogP contribution in [0.3, 0.4) is 0 Å². The van der Waals surface area contributed by atoms with Gasteiger partial charge >= 0.3 is 0 Å². The van der Waals surface area contributed by atoms with E-state index in [4.69, 9.17) is 4.74 Å². The average molecular weight is 344 g/mol. The van der Waals surface area contributed by atoms with Crippen molar-refractivity contribution < 1.29 is 9.53 Å². The Balaban J connectivity index is 1.90. The van der Waals surface area contributed by atoms with E-state index in [1.54, 1.807) is 0 Å². The predicted octanol–water partition coefficient (Wildman–Crippen LogP) is 2.71. The molecule has 1 fully saturated rings. The first-order valence-corrected chi connectivity index (χ1v) is 9.32. The van der Waals surface area contributed by atoms with Crippen molar-refractivity contribution in [1.82, 2.24) is 15.1 Å². The number of hydrogen-bond acceptors (Lipinski definition) is 5. The molecule has 1 aromatic heterocycles. The summed E-state index contributed by atoms with van der Waals surface area (Å²) in [5.74, 6) is 1.42. The van der Waals surface area contributed by atoms with Gasteiger partial charge in [0.1, 0.15) is 6.61 Å². The van der Waals surface area contributed by atoms with Crippen LogP contribution in [0.2, 0.25) is 0 Å². The molecule has 3 rings (SSSR count). The molecule has 6 nitrogen and oxygen atoms in total. The fourth-order valence-electron chi connectivity index (χ4n) is 3.25. The van der Waals surface area contributed by atoms with Gasteiger partial charge in [0.15, 0.2) is 11.4 Å². The summed E-state index contributed by atoms with van der Waals surface area (Å²) in [6, 6.07) is 2.05. The molecular formula is C19H28N4O2. The lowest BCUT2D eigenvalue weighted by Gasteiger charge is -2.16. The largest absolute Gasteiger partial charge is 0.474 e. The van der Waals surface area contributed by atoms with Crippen molar-refractivity contribution in [2.75, 3.05) is 19.7 Å². The summed E-state index contributed by atoms with van der Waals surface area (Å²) < 4.78 is 5.79. The fraction of sp³-hybridized carbons (Fsp3) is 0.684. The molecule has 3 heterocycles. The third-order valence-corrected chi connectivity index (χ3v) is 4.76. The molecule has 1 atom stereocenters. The van der Waals surface area contributed by atoms with Gasteiger partial charge in [-0.1, -0.05) is 27.7 Å². The van der Waals surface area contributed by atoms with Gasteiger partial charge in [-0.2, -0.15) is 0 Å². The molecule has 0 saturated carbocycles. The Hall–Kier alpha value is -1.98. The van der Waals surface area contributed by atoms with Crippen molar-refractivity contribution in [3.63, 3.8) is 0 Å². The second kappa shape index (κ2) is 7.50. The maximum atomic E-state index is 12.6. The summed E-state index contributed by atoms with van der Waals surface area (Å²) in [7, 11) is 0. The SMILES string of the molecule is CC(C)Cc1cc(C(=O)N2CCCC2)nnc1C1=NC(C(C)C)CO1. The Kier molecular flexibility index (Phi) is 5.35. The Morgan fingerprint density at radius 2 is 1.96 bits per heavy atom. The minimum Gasteiger partial charge on any atom is -0.474 e. The lowest BCUT2D eigenvalue weighted by atomic mass is 10.0. The van der Waals surface area contributed by atoms with Crippen LogP contribution in [0.25, 0.3) is 0 Å². The topological polar surface area (TPSA) is 67.7 Å². The van der Waals surface area contributed by atoms with Gasteiger partial charge in [0, 0.05) is 13.1 Å². The normalized spacial score (nSPS) is 20.3. The molecule has 0 N–H and O–H groups in total. The number of likely N-dealkylation sites (tertiary alicyclic amines) is 1. The molecule has 1 unspecified atom stereocenters. The van der Waals surface area contributed by atoms with Gasteiger partial charge in [-0.05, 0) is 42.7 Å². The Morgan fingerprint density at radius 3 is 2.56 bits per heavy atom. The van der Waals surface area contributed by atoms with Gasteiger partial charge in [0.2, 0.25) is 5.90 Å². The summed E-state index contributed by atoms with van der Waals surface area (Å²) >= 11 is 0. The first-order valence-electron chi connectivity index (χ1n) is 9.32. The number of aliphatic imine (C=N–C) groups is 1. The van der Waals surface area contributed by atoms with E-state index in [-0.39, 0.29) is 11.9 Å². The van der Waals surface area contributed by atoms with Crippen LogP contribution in [0, 0.1) is 11.8 Å². The zero-order valence-corrected chi connectivity index (χ0v) is 15.7. The van der Waals surface area contributed by atoms with Gasteiger partial charge in [0.05, 0.1) is 6.04 Å². The molecule has 136 valence electrons. The smallest absolute Gasteiger partial charge is 0.274 e. The molecule has 1 aromatic rings. The minimum absolute atomic E-state index is 0.0177. The summed E-state index contributed by atoms with van der Waals surface area (Å²) in [4.78, 5) is 19.2. The monoisotopic (exact) mass is 344 g/mol. The summed E-state index contributed by atoms with van der Waals surface area (Å²) in [5.41, 5.74) is 2.12. The van der Waals surface area contributed by atoms with Crippen molar-refractivity contribution >= 4 is 11.8 Å². The van der Waals surface area contributed by atoms with Gasteiger partial charge in [-0.3, -0.25) is 4.79 Å². The number of ether oxygens (including phenoxy) is 1. The molecule has 25 heavy (non-hydrogen) atoms. The second-order valence-electron chi connectivity index (χ2n) is 7.76. The second-order valence-corrected chi connectivity index (χ2v) is 7.76. The van der Waals surface area contributed by atoms with E-state index in [1.165, 1.54) is 0 Å². The molecule has 0 radical (unpaired) electrons. The lowest BCUT2D eigenvalue weighted by Crippen LogP contribution is -2.29. The third kappa shape index (κ3) is 3.99. The van der Waals surface area contributed by atoms with Gasteiger partial charge in [0.25, 0.3) is 5.91 Å². The van der Waals surface area contributed by atoms with Crippen LogP contribution in [-0.2, 0) is 11.2 Å². The highest BCUT2D eigenvalue weighted by Gasteiger charge is 2.28. The van der Waals surface area contributed by atoms with Crippen LogP contribution in [0.4, 0.5) is 0 Å². The van der Waals surface area contributed by atoms with Crippen molar-refractivity contribution in [1.29, 1.82) is 0 Å². The van der Waals surface area contributed by atoms with E-state index < -0.39 is 0 Å². The molecule has 1 amide bonds. The van der Waals surface area contributed by atoms with Crippen molar-refractivity contribution in [3.8, 4) is 0 Å². The molecule has 6 heteroatoms. The van der Waals surface area contributed by atoms with Crippen LogP contribution in [0.1, 0.15) is 62.3 Å². The summed E-state index contributed by atoms with van der Waals surface area (Å²) in [6.45, 7) is 10.8. The predicted molar refractivity (Wildman–Crippen MR) is 96.8 cm³/mol. The van der Waals surface area contributed by atoms with E-state index in [0.717, 1.165) is 37.9 Å². The van der Waals surface area contributed by atoms with Gasteiger partial charge in [-0.15, -0.1) is 10.2 Å². The lowest BCUT2D eigenvalue weighted by molar-refractivity contribution is 0.0785. The van der Waals surface area contributed by atoms with E-state index in [2.05, 4.69) is 42.9 Å². The van der Waals surface area contributed by atoms with E-state index in [0.29, 0.717) is 35.7 Å². The summed E-state index contributed by atoms with van der Waals surface area (Å²) in [6.07, 6.45) is 2.95. The molecule has 0 spiro atoms. The Morgan fingerprint density at radius 1 is 1.24 bits per heavy atom. The Bertz CT molecular complexity index is 663. The molecule has 2 aliphatic rings. The van der Waals surface area contributed by atoms with Crippen LogP contribution < -0.4 is 0 Å². The number of amides is 1. The van der Waals surface area contributed by atoms with Crippen LogP contribution in [0.5, 0.6) is 0 Å². The number of carbonyl (C=O) groups excluding carboxylic acids is 1. The molecule has 0 aromatic carbocycles. The zero-order chi connectivity index (χ0) is 18.0. The first kappa shape index (κ1) is 17.8. The molecule has 1 saturated heterocycles. The molecule has 0 bridgehead atoms. The van der Waals surface area contributed by atoms with Gasteiger partial charge < -0.3 is 9.64 Å². The average Bonchev–Trinajstić information content (AvgIpc) is 3.25. The van der Waals surface area contributed by atoms with E-state index >= 15 is 0 Å². The Labute approximate surface area is 149 Å². The van der Waals surface area contributed by atoms with Crippen molar-refractivity contribution in [2.24, 2.45) is 16.8 Å². The van der Waals surface area contributed by atoms with Crippen molar-refractivity contribution in [2.45, 2.75) is 53.0 Å². The number of hydrogen-bond donors (Lipinski definition) is 0. The summed E-state index contributed by atoms with van der Waals surface area (Å²) in [5, 5.41) is 8.55. The standard InChI is InChI=1S/C19H28N4O2/c1-12(2)9-14-10-15(19(24)23-7-5-6-8-23)21-22-17(14)18-20-16(11-25-18)13(3)4/h10,12-13,16H,5-9,11H2,1-4H3. The zero-order valence-electron chi connectivity index (χ0n) is 15.7. The van der Waals surface area contributed by atoms with E-state index in [9.17, 15) is 4.79 Å². The quantitative estimate of drug-likeness (QED) is 0.824. The highest BCUT2D eigenvalue weighted by Crippen LogP contribution is 2.21. The first-order chi connectivity index (χ1) is 12.0. The van der Waals surface area contributed by atoms with Gasteiger partial charge in [-0.25, -0.2) is 4.99 Å².